The fourth-order valence-corrected chi connectivity index (χ4v) is 8.01. The number of hydrogen-bond donors (Lipinski definition) is 1. The van der Waals surface area contributed by atoms with Crippen molar-refractivity contribution in [3.63, 3.8) is 0 Å². The molecule has 9 nitrogen and oxygen atoms in total. The molecular formula is C31H36N2O7. The van der Waals surface area contributed by atoms with Gasteiger partial charge in [0.05, 0.1) is 45.0 Å². The molecule has 0 saturated carbocycles. The summed E-state index contributed by atoms with van der Waals surface area (Å²) in [5, 5.41) is 3.62. The molecule has 2 aromatic rings. The van der Waals surface area contributed by atoms with Gasteiger partial charge >= 0.3 is 11.9 Å². The van der Waals surface area contributed by atoms with E-state index >= 15 is 0 Å². The summed E-state index contributed by atoms with van der Waals surface area (Å²) in [6.07, 6.45) is 2.64. The summed E-state index contributed by atoms with van der Waals surface area (Å²) in [6, 6.07) is 11.6. The van der Waals surface area contributed by atoms with E-state index in [1.807, 2.05) is 13.0 Å². The highest BCUT2D eigenvalue weighted by atomic mass is 16.5. The number of hydrogen-bond acceptors (Lipinski definition) is 9. The summed E-state index contributed by atoms with van der Waals surface area (Å²) in [7, 11) is 5.97. The second-order valence-corrected chi connectivity index (χ2v) is 11.2. The molecule has 2 fully saturated rings. The third-order valence-electron chi connectivity index (χ3n) is 9.60. The summed E-state index contributed by atoms with van der Waals surface area (Å²) in [6.45, 7) is 3.86. The van der Waals surface area contributed by atoms with Crippen molar-refractivity contribution in [1.82, 2.24) is 4.90 Å². The van der Waals surface area contributed by atoms with Crippen LogP contribution in [-0.2, 0) is 19.7 Å². The maximum atomic E-state index is 13.7. The van der Waals surface area contributed by atoms with Gasteiger partial charge in [-0.1, -0.05) is 18.2 Å². The second-order valence-electron chi connectivity index (χ2n) is 11.2. The van der Waals surface area contributed by atoms with Crippen LogP contribution >= 0.6 is 0 Å². The minimum atomic E-state index is -0.490. The van der Waals surface area contributed by atoms with Gasteiger partial charge in [0.1, 0.15) is 6.10 Å². The Morgan fingerprint density at radius 2 is 1.70 bits per heavy atom. The number of esters is 2. The number of piperidine rings is 1. The average molecular weight is 549 g/mol. The summed E-state index contributed by atoms with van der Waals surface area (Å²) in [5.41, 5.74) is 3.25. The predicted molar refractivity (Wildman–Crippen MR) is 148 cm³/mol. The number of nitrogens with one attached hydrogen (secondary N) is 1. The van der Waals surface area contributed by atoms with Crippen LogP contribution in [0.3, 0.4) is 0 Å². The molecule has 0 bridgehead atoms. The molecular weight excluding hydrogens is 512 g/mol. The molecule has 4 aliphatic rings. The topological polar surface area (TPSA) is 95.6 Å². The number of carbonyl (C=O) groups excluding carboxylic acids is 2. The van der Waals surface area contributed by atoms with E-state index in [0.717, 1.165) is 43.7 Å². The first-order chi connectivity index (χ1) is 19.3. The summed E-state index contributed by atoms with van der Waals surface area (Å²) < 4.78 is 28.0. The molecule has 40 heavy (non-hydrogen) atoms. The lowest BCUT2D eigenvalue weighted by Crippen LogP contribution is -2.64. The van der Waals surface area contributed by atoms with Gasteiger partial charge < -0.3 is 29.0 Å². The molecule has 1 N–H and O–H groups in total. The van der Waals surface area contributed by atoms with Crippen LogP contribution in [0.2, 0.25) is 0 Å². The van der Waals surface area contributed by atoms with Gasteiger partial charge in [-0.15, -0.1) is 0 Å². The highest BCUT2D eigenvalue weighted by molar-refractivity contribution is 5.94. The molecule has 0 unspecified atom stereocenters. The smallest absolute Gasteiger partial charge is 0.338 e. The number of benzene rings is 2. The van der Waals surface area contributed by atoms with E-state index in [0.29, 0.717) is 34.8 Å². The maximum absolute atomic E-state index is 13.7. The first kappa shape index (κ1) is 26.5. The Bertz CT molecular complexity index is 1380. The van der Waals surface area contributed by atoms with E-state index < -0.39 is 22.9 Å². The average Bonchev–Trinajstić information content (AvgIpc) is 3.55. The number of ether oxygens (including phenoxy) is 5. The fraction of sp³-hybridized carbons (Fsp3) is 0.484. The molecule has 1 aliphatic carbocycles. The number of anilines is 1. The first-order valence-corrected chi connectivity index (χ1v) is 13.8. The molecule has 4 atom stereocenters. The monoisotopic (exact) mass is 548 g/mol. The Kier molecular flexibility index (Phi) is 6.45. The van der Waals surface area contributed by atoms with Crippen LogP contribution in [0, 0.1) is 5.41 Å². The lowest BCUT2D eigenvalue weighted by Gasteiger charge is -2.57. The Hall–Kier alpha value is -3.72. The van der Waals surface area contributed by atoms with Crippen molar-refractivity contribution in [2.75, 3.05) is 46.8 Å². The van der Waals surface area contributed by atoms with Gasteiger partial charge in [-0.05, 0) is 69.5 Å². The standard InChI is InChI=1S/C31H36N2O7/c1-18(40-27(34)19-15-23(36-2)25(38-4)24(16-19)37-3)30-11-8-13-33-14-12-31(29(30)33)21-9-6-7-10-22(21)32-26(31)20(17-30)28(35)39-5/h6-7,9-10,15-16,18,29,32H,8,11-14,17H2,1-5H3/t18-,29+,30+,31+/m1/s1. The Balaban J connectivity index is 1.44. The molecule has 0 amide bonds. The molecule has 2 aromatic carbocycles. The molecule has 3 heterocycles. The van der Waals surface area contributed by atoms with Gasteiger partial charge in [0, 0.05) is 22.8 Å². The van der Waals surface area contributed by atoms with Gasteiger partial charge in [0.25, 0.3) is 0 Å². The molecule has 9 heteroatoms. The van der Waals surface area contributed by atoms with E-state index in [4.69, 9.17) is 23.7 Å². The van der Waals surface area contributed by atoms with Crippen LogP contribution in [0.1, 0.15) is 48.5 Å². The predicted octanol–water partition coefficient (Wildman–Crippen LogP) is 4.31. The van der Waals surface area contributed by atoms with Crippen LogP contribution in [0.4, 0.5) is 5.69 Å². The van der Waals surface area contributed by atoms with Crippen LogP contribution in [0.25, 0.3) is 0 Å². The number of para-hydroxylation sites is 1. The second kappa shape index (κ2) is 9.73. The van der Waals surface area contributed by atoms with Gasteiger partial charge in [0.15, 0.2) is 11.5 Å². The number of carbonyl (C=O) groups is 2. The maximum Gasteiger partial charge on any atom is 0.338 e. The van der Waals surface area contributed by atoms with E-state index in [2.05, 4.69) is 28.4 Å². The molecule has 2 saturated heterocycles. The van der Waals surface area contributed by atoms with Gasteiger partial charge in [-0.25, -0.2) is 9.59 Å². The molecule has 1 spiro atoms. The van der Waals surface area contributed by atoms with Crippen molar-refractivity contribution in [1.29, 1.82) is 0 Å². The zero-order chi connectivity index (χ0) is 28.2. The quantitative estimate of drug-likeness (QED) is 0.508. The van der Waals surface area contributed by atoms with Crippen molar-refractivity contribution >= 4 is 17.6 Å². The Labute approximate surface area is 234 Å². The number of rotatable bonds is 7. The lowest BCUT2D eigenvalue weighted by atomic mass is 9.53. The Morgan fingerprint density at radius 3 is 2.38 bits per heavy atom. The van der Waals surface area contributed by atoms with Crippen LogP contribution in [0.5, 0.6) is 17.2 Å². The highest BCUT2D eigenvalue weighted by Crippen LogP contribution is 2.65. The number of fused-ring (bicyclic) bond motifs is 1. The molecule has 212 valence electrons. The highest BCUT2D eigenvalue weighted by Gasteiger charge is 2.68. The largest absolute Gasteiger partial charge is 0.493 e. The van der Waals surface area contributed by atoms with E-state index in [-0.39, 0.29) is 12.0 Å². The number of nitrogens with zero attached hydrogens (tertiary/aromatic N) is 1. The first-order valence-electron chi connectivity index (χ1n) is 13.8. The summed E-state index contributed by atoms with van der Waals surface area (Å²) in [5.74, 6) is 0.350. The van der Waals surface area contributed by atoms with Crippen molar-refractivity contribution in [3.05, 3.63) is 58.8 Å². The van der Waals surface area contributed by atoms with Crippen molar-refractivity contribution in [2.45, 2.75) is 50.2 Å². The minimum absolute atomic E-state index is 0.0658. The lowest BCUT2D eigenvalue weighted by molar-refractivity contribution is -0.138. The van der Waals surface area contributed by atoms with Crippen molar-refractivity contribution < 1.29 is 33.3 Å². The molecule has 0 aromatic heterocycles. The van der Waals surface area contributed by atoms with Crippen LogP contribution in [0.15, 0.2) is 47.7 Å². The van der Waals surface area contributed by atoms with Crippen molar-refractivity contribution in [3.8, 4) is 17.2 Å². The van der Waals surface area contributed by atoms with Crippen LogP contribution < -0.4 is 19.5 Å². The van der Waals surface area contributed by atoms with Gasteiger partial charge in [-0.3, -0.25) is 4.90 Å². The number of methoxy groups -OCH3 is 4. The van der Waals surface area contributed by atoms with Gasteiger partial charge in [0.2, 0.25) is 5.75 Å². The van der Waals surface area contributed by atoms with Gasteiger partial charge in [-0.2, -0.15) is 0 Å². The van der Waals surface area contributed by atoms with E-state index in [1.165, 1.54) is 34.0 Å². The zero-order valence-corrected chi connectivity index (χ0v) is 23.7. The molecule has 0 radical (unpaired) electrons. The van der Waals surface area contributed by atoms with Crippen LogP contribution in [-0.4, -0.2) is 70.5 Å². The normalized spacial score (nSPS) is 27.1. The third kappa shape index (κ3) is 3.56. The van der Waals surface area contributed by atoms with Crippen molar-refractivity contribution in [2.24, 2.45) is 5.41 Å². The Morgan fingerprint density at radius 1 is 0.975 bits per heavy atom. The van der Waals surface area contributed by atoms with E-state index in [9.17, 15) is 9.59 Å². The molecule has 3 aliphatic heterocycles. The zero-order valence-electron chi connectivity index (χ0n) is 23.7. The van der Waals surface area contributed by atoms with E-state index in [1.54, 1.807) is 12.1 Å². The SMILES string of the molecule is COC(=O)C1=C2Nc3ccccc3[C@@]23CCN2CCC[C@@]([C@@H](C)OC(=O)c4cc(OC)c(OC)c(OC)c4)(C1)[C@H]23. The minimum Gasteiger partial charge on any atom is -0.493 e. The summed E-state index contributed by atoms with van der Waals surface area (Å²) in [4.78, 5) is 29.6. The third-order valence-corrected chi connectivity index (χ3v) is 9.60. The molecule has 6 rings (SSSR count). The fourth-order valence-electron chi connectivity index (χ4n) is 8.01. The summed E-state index contributed by atoms with van der Waals surface area (Å²) >= 11 is 0.